The highest BCUT2D eigenvalue weighted by Gasteiger charge is 2.28. The molecule has 1 aliphatic rings. The lowest BCUT2D eigenvalue weighted by Gasteiger charge is -2.38. The SMILES string of the molecule is Cc1c(COc2cc(OCc3cncc(C#N)c3)c(CN)cc2Cl)cccc1-c1cccc(-c2ccc(CN3CC(CC(=O)O)C3)cc2)c1C. The number of carbonyl (C=O) groups is 1. The number of ether oxygens (including phenoxy) is 2. The number of carboxylic acid groups (broad SMARTS) is 1. The Morgan fingerprint density at radius 3 is 2.32 bits per heavy atom. The first-order valence-corrected chi connectivity index (χ1v) is 16.9. The molecule has 0 spiro atoms. The number of aliphatic carboxylic acids is 1. The van der Waals surface area contributed by atoms with Crippen molar-refractivity contribution >= 4 is 17.6 Å². The van der Waals surface area contributed by atoms with Crippen molar-refractivity contribution in [2.75, 3.05) is 13.1 Å². The van der Waals surface area contributed by atoms with Gasteiger partial charge in [-0.1, -0.05) is 72.3 Å². The van der Waals surface area contributed by atoms with Crippen molar-refractivity contribution in [1.29, 1.82) is 5.26 Å². The number of aromatic nitrogens is 1. The molecule has 0 atom stereocenters. The third-order valence-corrected chi connectivity index (χ3v) is 9.57. The average molecular weight is 687 g/mol. The maximum Gasteiger partial charge on any atom is 0.303 e. The highest BCUT2D eigenvalue weighted by Crippen LogP contribution is 2.37. The number of halogens is 1. The number of nitrogens with zero attached hydrogens (tertiary/aromatic N) is 3. The molecule has 1 saturated heterocycles. The van der Waals surface area contributed by atoms with Crippen molar-refractivity contribution in [2.24, 2.45) is 11.7 Å². The standard InChI is InChI=1S/C41H39ClN4O4/c1-26-33(25-50-40-16-39(34(18-44)15-38(40)42)49-24-30-13-29(17-43)19-45-20-30)5-3-7-36(26)37-8-4-6-35(27(37)2)32-11-9-28(10-12-32)21-46-22-31(23-46)14-41(47)48/h3-13,15-16,19-20,31H,14,18,21-25,44H2,1-2H3,(H,47,48). The molecule has 0 aliphatic carbocycles. The minimum atomic E-state index is -0.721. The lowest BCUT2D eigenvalue weighted by Crippen LogP contribution is -2.46. The molecule has 5 aromatic rings. The van der Waals surface area contributed by atoms with Crippen molar-refractivity contribution in [3.05, 3.63) is 135 Å². The molecule has 0 bridgehead atoms. The molecule has 0 unspecified atom stereocenters. The second-order valence-electron chi connectivity index (χ2n) is 12.8. The Labute approximate surface area is 297 Å². The van der Waals surface area contributed by atoms with Gasteiger partial charge in [0.1, 0.15) is 30.8 Å². The normalized spacial score (nSPS) is 13.0. The summed E-state index contributed by atoms with van der Waals surface area (Å²) in [7, 11) is 0. The van der Waals surface area contributed by atoms with Crippen LogP contribution in [0.3, 0.4) is 0 Å². The fraction of sp³-hybridized carbons (Fsp3) is 0.244. The smallest absolute Gasteiger partial charge is 0.303 e. The van der Waals surface area contributed by atoms with E-state index in [1.54, 1.807) is 24.4 Å². The molecule has 4 aromatic carbocycles. The zero-order chi connectivity index (χ0) is 35.2. The number of hydrogen-bond acceptors (Lipinski definition) is 7. The van der Waals surface area contributed by atoms with Crippen LogP contribution in [-0.2, 0) is 31.1 Å². The van der Waals surface area contributed by atoms with Gasteiger partial charge in [0.15, 0.2) is 0 Å². The first-order valence-electron chi connectivity index (χ1n) is 16.6. The quantitative estimate of drug-likeness (QED) is 0.128. The molecule has 1 aliphatic heterocycles. The summed E-state index contributed by atoms with van der Waals surface area (Å²) in [5.41, 5.74) is 17.2. The van der Waals surface area contributed by atoms with E-state index in [1.807, 2.05) is 0 Å². The summed E-state index contributed by atoms with van der Waals surface area (Å²) in [6.07, 6.45) is 3.42. The van der Waals surface area contributed by atoms with Gasteiger partial charge in [0.2, 0.25) is 0 Å². The van der Waals surface area contributed by atoms with Crippen LogP contribution in [0.1, 0.15) is 45.4 Å². The number of rotatable bonds is 13. The lowest BCUT2D eigenvalue weighted by molar-refractivity contribution is -0.139. The molecule has 0 radical (unpaired) electrons. The molecule has 50 heavy (non-hydrogen) atoms. The first kappa shape index (κ1) is 34.7. The predicted molar refractivity (Wildman–Crippen MR) is 195 cm³/mol. The summed E-state index contributed by atoms with van der Waals surface area (Å²) in [4.78, 5) is 17.4. The third kappa shape index (κ3) is 7.98. The minimum Gasteiger partial charge on any atom is -0.488 e. The number of hydrogen-bond donors (Lipinski definition) is 2. The van der Waals surface area contributed by atoms with Gasteiger partial charge in [-0.05, 0) is 76.4 Å². The highest BCUT2D eigenvalue weighted by atomic mass is 35.5. The highest BCUT2D eigenvalue weighted by molar-refractivity contribution is 6.32. The zero-order valence-electron chi connectivity index (χ0n) is 28.2. The molecule has 8 nitrogen and oxygen atoms in total. The topological polar surface area (TPSA) is 122 Å². The Bertz CT molecular complexity index is 2050. The van der Waals surface area contributed by atoms with Gasteiger partial charge < -0.3 is 20.3 Å². The van der Waals surface area contributed by atoms with Crippen LogP contribution in [-0.4, -0.2) is 34.0 Å². The third-order valence-electron chi connectivity index (χ3n) is 9.27. The van der Waals surface area contributed by atoms with E-state index in [2.05, 4.69) is 90.5 Å². The number of likely N-dealkylation sites (tertiary alicyclic amines) is 1. The summed E-state index contributed by atoms with van der Waals surface area (Å²) in [6, 6.07) is 28.7. The first-order chi connectivity index (χ1) is 24.2. The van der Waals surface area contributed by atoms with Crippen LogP contribution in [0.2, 0.25) is 5.02 Å². The Morgan fingerprint density at radius 1 is 0.900 bits per heavy atom. The van der Waals surface area contributed by atoms with Crippen LogP contribution < -0.4 is 15.2 Å². The second kappa shape index (κ2) is 15.6. The maximum atomic E-state index is 11.0. The van der Waals surface area contributed by atoms with Crippen LogP contribution >= 0.6 is 11.6 Å². The minimum absolute atomic E-state index is 0.218. The van der Waals surface area contributed by atoms with Gasteiger partial charge in [0, 0.05) is 55.8 Å². The fourth-order valence-corrected chi connectivity index (χ4v) is 6.77. The number of carboxylic acids is 1. The summed E-state index contributed by atoms with van der Waals surface area (Å²) >= 11 is 6.63. The monoisotopic (exact) mass is 686 g/mol. The predicted octanol–water partition coefficient (Wildman–Crippen LogP) is 8.08. The molecule has 254 valence electrons. The van der Waals surface area contributed by atoms with Crippen LogP contribution in [0.5, 0.6) is 11.5 Å². The van der Waals surface area contributed by atoms with Gasteiger partial charge in [-0.2, -0.15) is 5.26 Å². The maximum absolute atomic E-state index is 11.0. The number of pyridine rings is 1. The number of benzene rings is 4. The van der Waals surface area contributed by atoms with E-state index < -0.39 is 5.97 Å². The number of nitriles is 1. The second-order valence-corrected chi connectivity index (χ2v) is 13.2. The van der Waals surface area contributed by atoms with Gasteiger partial charge in [-0.15, -0.1) is 0 Å². The van der Waals surface area contributed by atoms with Gasteiger partial charge in [-0.3, -0.25) is 14.7 Å². The van der Waals surface area contributed by atoms with Crippen molar-refractivity contribution in [2.45, 2.75) is 46.6 Å². The van der Waals surface area contributed by atoms with E-state index >= 15 is 0 Å². The van der Waals surface area contributed by atoms with Crippen LogP contribution in [0.4, 0.5) is 0 Å². The molecule has 1 aromatic heterocycles. The summed E-state index contributed by atoms with van der Waals surface area (Å²) in [6.45, 7) is 7.54. The zero-order valence-corrected chi connectivity index (χ0v) is 28.9. The van der Waals surface area contributed by atoms with E-state index in [9.17, 15) is 10.1 Å². The van der Waals surface area contributed by atoms with Crippen molar-refractivity contribution < 1.29 is 19.4 Å². The van der Waals surface area contributed by atoms with Crippen LogP contribution in [0.25, 0.3) is 22.3 Å². The molecule has 3 N–H and O–H groups in total. The van der Waals surface area contributed by atoms with E-state index in [-0.39, 0.29) is 25.5 Å². The molecule has 0 saturated carbocycles. The summed E-state index contributed by atoms with van der Waals surface area (Å²) in [5, 5.41) is 18.7. The molecule has 9 heteroatoms. The van der Waals surface area contributed by atoms with Gasteiger partial charge >= 0.3 is 5.97 Å². The van der Waals surface area contributed by atoms with E-state index in [4.69, 9.17) is 31.9 Å². The van der Waals surface area contributed by atoms with Crippen molar-refractivity contribution in [3.63, 3.8) is 0 Å². The largest absolute Gasteiger partial charge is 0.488 e. The van der Waals surface area contributed by atoms with Crippen LogP contribution in [0, 0.1) is 31.1 Å². The Kier molecular flexibility index (Phi) is 10.8. The molecular weight excluding hydrogens is 648 g/mol. The average Bonchev–Trinajstić information content (AvgIpc) is 3.10. The van der Waals surface area contributed by atoms with Gasteiger partial charge in [0.05, 0.1) is 17.0 Å². The summed E-state index contributed by atoms with van der Waals surface area (Å²) in [5.74, 6) is 0.582. The van der Waals surface area contributed by atoms with E-state index in [0.717, 1.165) is 58.6 Å². The van der Waals surface area contributed by atoms with E-state index in [0.29, 0.717) is 28.7 Å². The van der Waals surface area contributed by atoms with Gasteiger partial charge in [-0.25, -0.2) is 0 Å². The summed E-state index contributed by atoms with van der Waals surface area (Å²) < 4.78 is 12.4. The Morgan fingerprint density at radius 2 is 1.60 bits per heavy atom. The lowest BCUT2D eigenvalue weighted by atomic mass is 9.89. The van der Waals surface area contributed by atoms with Crippen molar-refractivity contribution in [3.8, 4) is 39.8 Å². The molecule has 6 rings (SSSR count). The molecule has 1 fully saturated rings. The van der Waals surface area contributed by atoms with E-state index in [1.165, 1.54) is 22.9 Å². The molecular formula is C41H39ClN4O4. The van der Waals surface area contributed by atoms with Gasteiger partial charge in [0.25, 0.3) is 0 Å². The Hall–Kier alpha value is -5.20. The fourth-order valence-electron chi connectivity index (χ4n) is 6.53. The Balaban J connectivity index is 1.15. The molecule has 2 heterocycles. The van der Waals surface area contributed by atoms with Crippen LogP contribution in [0.15, 0.2) is 91.3 Å². The number of nitrogens with two attached hydrogens (primary N) is 1. The molecule has 0 amide bonds. The van der Waals surface area contributed by atoms with Crippen molar-refractivity contribution in [1.82, 2.24) is 9.88 Å².